The monoisotopic (exact) mass is 281 g/mol. The van der Waals surface area contributed by atoms with Crippen molar-refractivity contribution in [3.8, 4) is 5.75 Å². The Kier molecular flexibility index (Phi) is 3.48. The summed E-state index contributed by atoms with van der Waals surface area (Å²) in [6.07, 6.45) is 4.40. The third-order valence-corrected chi connectivity index (χ3v) is 3.65. The van der Waals surface area contributed by atoms with Gasteiger partial charge in [0.05, 0.1) is 0 Å². The first kappa shape index (κ1) is 13.4. The molecule has 0 aliphatic heterocycles. The molecule has 3 heteroatoms. The first-order valence-corrected chi connectivity index (χ1v) is 6.84. The van der Waals surface area contributed by atoms with E-state index < -0.39 is 0 Å². The summed E-state index contributed by atoms with van der Waals surface area (Å²) in [5.74, 6) is 0.0660. The molecule has 2 nitrogen and oxygen atoms in total. The molecule has 1 aromatic heterocycles. The van der Waals surface area contributed by atoms with Gasteiger partial charge in [-0.2, -0.15) is 0 Å². The number of phenols is 1. The predicted octanol–water partition coefficient (Wildman–Crippen LogP) is 4.26. The van der Waals surface area contributed by atoms with Crippen LogP contribution in [0.4, 0.5) is 4.39 Å². The summed E-state index contributed by atoms with van der Waals surface area (Å²) in [7, 11) is 0. The van der Waals surface area contributed by atoms with Gasteiger partial charge in [0.1, 0.15) is 11.6 Å². The molecule has 0 unspecified atom stereocenters. The van der Waals surface area contributed by atoms with E-state index in [4.69, 9.17) is 0 Å². The number of benzene rings is 2. The number of fused-ring (bicyclic) bond motifs is 1. The van der Waals surface area contributed by atoms with Gasteiger partial charge in [-0.3, -0.25) is 0 Å². The van der Waals surface area contributed by atoms with Gasteiger partial charge < -0.3 is 9.67 Å². The molecule has 1 heterocycles. The van der Waals surface area contributed by atoms with E-state index in [1.165, 1.54) is 12.1 Å². The lowest BCUT2D eigenvalue weighted by atomic mass is 10.1. The third-order valence-electron chi connectivity index (χ3n) is 3.65. The number of rotatable bonds is 4. The highest BCUT2D eigenvalue weighted by atomic mass is 19.1. The maximum absolute atomic E-state index is 13.0. The minimum absolute atomic E-state index is 0.227. The number of aromatic nitrogens is 1. The fourth-order valence-corrected chi connectivity index (χ4v) is 2.61. The molecule has 0 atom stereocenters. The zero-order valence-corrected chi connectivity index (χ0v) is 11.6. The molecule has 0 saturated heterocycles. The molecular weight excluding hydrogens is 265 g/mol. The summed E-state index contributed by atoms with van der Waals surface area (Å²) >= 11 is 0. The summed E-state index contributed by atoms with van der Waals surface area (Å²) in [4.78, 5) is 0. The average Bonchev–Trinajstić information content (AvgIpc) is 2.88. The van der Waals surface area contributed by atoms with Crippen molar-refractivity contribution in [2.24, 2.45) is 0 Å². The Hall–Kier alpha value is -2.55. The molecule has 21 heavy (non-hydrogen) atoms. The SMILES string of the molecule is C=CCc1c(O)ccc2c1ccn2Cc1ccc(F)cc1. The molecule has 0 amide bonds. The first-order chi connectivity index (χ1) is 10.2. The van der Waals surface area contributed by atoms with E-state index in [0.29, 0.717) is 18.7 Å². The van der Waals surface area contributed by atoms with E-state index in [-0.39, 0.29) is 5.82 Å². The zero-order valence-electron chi connectivity index (χ0n) is 11.6. The van der Waals surface area contributed by atoms with Crippen molar-refractivity contribution >= 4 is 10.9 Å². The second-order valence-electron chi connectivity index (χ2n) is 5.06. The van der Waals surface area contributed by atoms with Crippen molar-refractivity contribution in [2.45, 2.75) is 13.0 Å². The van der Waals surface area contributed by atoms with Crippen LogP contribution >= 0.6 is 0 Å². The van der Waals surface area contributed by atoms with E-state index in [1.807, 2.05) is 18.3 Å². The Balaban J connectivity index is 2.02. The molecule has 3 aromatic rings. The summed E-state index contributed by atoms with van der Waals surface area (Å²) in [6, 6.07) is 12.1. The Morgan fingerprint density at radius 2 is 1.86 bits per heavy atom. The van der Waals surface area contributed by atoms with Crippen LogP contribution in [0.15, 0.2) is 61.3 Å². The van der Waals surface area contributed by atoms with Crippen molar-refractivity contribution < 1.29 is 9.50 Å². The van der Waals surface area contributed by atoms with Gasteiger partial charge in [-0.15, -0.1) is 6.58 Å². The molecule has 0 bridgehead atoms. The number of hydrogen-bond donors (Lipinski definition) is 1. The number of phenolic OH excluding ortho intramolecular Hbond substituents is 1. The van der Waals surface area contributed by atoms with Gasteiger partial charge in [0, 0.05) is 29.2 Å². The van der Waals surface area contributed by atoms with Crippen molar-refractivity contribution in [1.29, 1.82) is 0 Å². The molecule has 106 valence electrons. The lowest BCUT2D eigenvalue weighted by molar-refractivity contribution is 0.471. The Labute approximate surface area is 122 Å². The van der Waals surface area contributed by atoms with Crippen molar-refractivity contribution in [2.75, 3.05) is 0 Å². The predicted molar refractivity (Wildman–Crippen MR) is 83.0 cm³/mol. The van der Waals surface area contributed by atoms with Gasteiger partial charge >= 0.3 is 0 Å². The fourth-order valence-electron chi connectivity index (χ4n) is 2.61. The Morgan fingerprint density at radius 1 is 1.10 bits per heavy atom. The maximum Gasteiger partial charge on any atom is 0.123 e. The van der Waals surface area contributed by atoms with Gasteiger partial charge in [-0.1, -0.05) is 18.2 Å². The first-order valence-electron chi connectivity index (χ1n) is 6.84. The maximum atomic E-state index is 13.0. The van der Waals surface area contributed by atoms with Crippen LogP contribution in [0.5, 0.6) is 5.75 Å². The molecule has 0 spiro atoms. The highest BCUT2D eigenvalue weighted by Gasteiger charge is 2.09. The van der Waals surface area contributed by atoms with E-state index in [2.05, 4.69) is 11.1 Å². The molecule has 3 rings (SSSR count). The van der Waals surface area contributed by atoms with Gasteiger partial charge in [-0.25, -0.2) is 4.39 Å². The average molecular weight is 281 g/mol. The lowest BCUT2D eigenvalue weighted by Crippen LogP contribution is -1.98. The van der Waals surface area contributed by atoms with E-state index in [9.17, 15) is 9.50 Å². The molecule has 0 fully saturated rings. The second-order valence-corrected chi connectivity index (χ2v) is 5.06. The Bertz CT molecular complexity index is 787. The van der Waals surface area contributed by atoms with Crippen molar-refractivity contribution in [3.05, 3.63) is 78.3 Å². The van der Waals surface area contributed by atoms with Gasteiger partial charge in [0.25, 0.3) is 0 Å². The summed E-state index contributed by atoms with van der Waals surface area (Å²) in [6.45, 7) is 4.40. The molecule has 0 aliphatic rings. The molecular formula is C18H16FNO. The fraction of sp³-hybridized carbons (Fsp3) is 0.111. The van der Waals surface area contributed by atoms with E-state index in [0.717, 1.165) is 22.0 Å². The number of nitrogens with zero attached hydrogens (tertiary/aromatic N) is 1. The third kappa shape index (κ3) is 2.55. The molecule has 2 aromatic carbocycles. The van der Waals surface area contributed by atoms with Crippen LogP contribution < -0.4 is 0 Å². The van der Waals surface area contributed by atoms with E-state index >= 15 is 0 Å². The van der Waals surface area contributed by atoms with Gasteiger partial charge in [0.2, 0.25) is 0 Å². The van der Waals surface area contributed by atoms with Gasteiger partial charge in [0.15, 0.2) is 0 Å². The highest BCUT2D eigenvalue weighted by molar-refractivity contribution is 5.86. The van der Waals surface area contributed by atoms with Crippen LogP contribution in [-0.2, 0) is 13.0 Å². The molecule has 1 N–H and O–H groups in total. The van der Waals surface area contributed by atoms with Gasteiger partial charge in [-0.05, 0) is 42.3 Å². The van der Waals surface area contributed by atoms with Crippen molar-refractivity contribution in [1.82, 2.24) is 4.57 Å². The Morgan fingerprint density at radius 3 is 2.57 bits per heavy atom. The largest absolute Gasteiger partial charge is 0.508 e. The number of allylic oxidation sites excluding steroid dienone is 1. The second kappa shape index (κ2) is 5.44. The minimum Gasteiger partial charge on any atom is -0.508 e. The van der Waals surface area contributed by atoms with E-state index in [1.54, 1.807) is 24.3 Å². The summed E-state index contributed by atoms with van der Waals surface area (Å²) in [5, 5.41) is 11.0. The molecule has 0 saturated carbocycles. The number of aromatic hydroxyl groups is 1. The van der Waals surface area contributed by atoms with Crippen LogP contribution in [0, 0.1) is 5.82 Å². The van der Waals surface area contributed by atoms with Crippen LogP contribution in [0.1, 0.15) is 11.1 Å². The van der Waals surface area contributed by atoms with Crippen LogP contribution in [0.25, 0.3) is 10.9 Å². The normalized spacial score (nSPS) is 10.9. The number of hydrogen-bond acceptors (Lipinski definition) is 1. The smallest absolute Gasteiger partial charge is 0.123 e. The van der Waals surface area contributed by atoms with Crippen LogP contribution in [-0.4, -0.2) is 9.67 Å². The summed E-state index contributed by atoms with van der Waals surface area (Å²) < 4.78 is 15.0. The summed E-state index contributed by atoms with van der Waals surface area (Å²) in [5.41, 5.74) is 2.97. The zero-order chi connectivity index (χ0) is 14.8. The quantitative estimate of drug-likeness (QED) is 0.710. The standard InChI is InChI=1S/C18H16FNO/c1-2-3-16-15-10-11-20(17(15)8-9-18(16)21)12-13-4-6-14(19)7-5-13/h2,4-11,21H,1,3,12H2. The minimum atomic E-state index is -0.227. The lowest BCUT2D eigenvalue weighted by Gasteiger charge is -2.08. The highest BCUT2D eigenvalue weighted by Crippen LogP contribution is 2.29. The van der Waals surface area contributed by atoms with Crippen LogP contribution in [0.3, 0.4) is 0 Å². The molecule has 0 aliphatic carbocycles. The number of halogens is 1. The van der Waals surface area contributed by atoms with Crippen molar-refractivity contribution in [3.63, 3.8) is 0 Å². The van der Waals surface area contributed by atoms with Crippen LogP contribution in [0.2, 0.25) is 0 Å². The molecule has 0 radical (unpaired) electrons. The topological polar surface area (TPSA) is 25.2 Å².